The summed E-state index contributed by atoms with van der Waals surface area (Å²) in [4.78, 5) is 34.5. The molecule has 0 aromatic heterocycles. The molecule has 1 amide bonds. The van der Waals surface area contributed by atoms with E-state index in [1.807, 2.05) is 30.3 Å². The van der Waals surface area contributed by atoms with Crippen molar-refractivity contribution in [2.75, 3.05) is 6.54 Å². The molecule has 8 heteroatoms. The number of esters is 1. The second-order valence-corrected chi connectivity index (χ2v) is 6.17. The van der Waals surface area contributed by atoms with Crippen LogP contribution >= 0.6 is 0 Å². The maximum Gasteiger partial charge on any atom is 0.325 e. The Morgan fingerprint density at radius 1 is 0.867 bits per heavy atom. The molecule has 1 N–H and O–H groups in total. The van der Waals surface area contributed by atoms with Crippen LogP contribution in [-0.4, -0.2) is 23.3 Å². The van der Waals surface area contributed by atoms with Crippen molar-refractivity contribution in [3.05, 3.63) is 100 Å². The van der Waals surface area contributed by atoms with Crippen LogP contribution in [0.3, 0.4) is 0 Å². The van der Waals surface area contributed by atoms with E-state index in [-0.39, 0.29) is 24.4 Å². The summed E-state index contributed by atoms with van der Waals surface area (Å²) < 4.78 is 10.7. The van der Waals surface area contributed by atoms with E-state index in [4.69, 9.17) is 9.47 Å². The van der Waals surface area contributed by atoms with Gasteiger partial charge in [-0.2, -0.15) is 0 Å². The molecule has 0 fully saturated rings. The fourth-order valence-electron chi connectivity index (χ4n) is 2.57. The zero-order valence-corrected chi connectivity index (χ0v) is 15.8. The lowest BCUT2D eigenvalue weighted by molar-refractivity contribution is -0.385. The molecule has 0 atom stereocenters. The normalized spacial score (nSPS) is 10.1. The maximum atomic E-state index is 12.2. The summed E-state index contributed by atoms with van der Waals surface area (Å²) in [5.41, 5.74) is 0.491. The first-order chi connectivity index (χ1) is 14.5. The van der Waals surface area contributed by atoms with Crippen LogP contribution in [0.5, 0.6) is 11.5 Å². The number of hydrogen-bond donors (Lipinski definition) is 1. The van der Waals surface area contributed by atoms with E-state index >= 15 is 0 Å². The van der Waals surface area contributed by atoms with Crippen molar-refractivity contribution in [3.8, 4) is 11.5 Å². The summed E-state index contributed by atoms with van der Waals surface area (Å²) in [5, 5.41) is 13.4. The second-order valence-electron chi connectivity index (χ2n) is 6.17. The minimum absolute atomic E-state index is 0.132. The Balaban J connectivity index is 1.48. The van der Waals surface area contributed by atoms with Gasteiger partial charge in [0.1, 0.15) is 24.7 Å². The summed E-state index contributed by atoms with van der Waals surface area (Å²) in [6.45, 7) is -0.612. The van der Waals surface area contributed by atoms with Crippen LogP contribution in [0, 0.1) is 10.1 Å². The Bertz CT molecular complexity index is 1040. The first-order valence-corrected chi connectivity index (χ1v) is 9.02. The molecule has 0 aliphatic rings. The largest absolute Gasteiger partial charge is 0.459 e. The highest BCUT2D eigenvalue weighted by molar-refractivity contribution is 5.96. The predicted octanol–water partition coefficient (Wildman–Crippen LogP) is 3.86. The second kappa shape index (κ2) is 9.83. The molecule has 3 aromatic carbocycles. The predicted molar refractivity (Wildman–Crippen MR) is 108 cm³/mol. The average Bonchev–Trinajstić information content (AvgIpc) is 2.77. The van der Waals surface area contributed by atoms with Gasteiger partial charge in [0.25, 0.3) is 11.6 Å². The van der Waals surface area contributed by atoms with Crippen LogP contribution < -0.4 is 10.1 Å². The van der Waals surface area contributed by atoms with Gasteiger partial charge in [0.05, 0.1) is 10.5 Å². The molecular weight excluding hydrogens is 388 g/mol. The molecular formula is C22H18N2O6. The molecule has 0 aliphatic carbocycles. The number of ether oxygens (including phenoxy) is 2. The summed E-state index contributed by atoms with van der Waals surface area (Å²) in [6, 6.07) is 21.6. The SMILES string of the molecule is O=C(CNC(=O)c1ccc(Oc2ccccc2)cc1)OCc1ccccc1[N+](=O)[O-]. The summed E-state index contributed by atoms with van der Waals surface area (Å²) in [6.07, 6.45) is 0. The quantitative estimate of drug-likeness (QED) is 0.346. The van der Waals surface area contributed by atoms with Crippen molar-refractivity contribution in [1.29, 1.82) is 0 Å². The topological polar surface area (TPSA) is 108 Å². The van der Waals surface area contributed by atoms with Gasteiger partial charge in [-0.3, -0.25) is 19.7 Å². The lowest BCUT2D eigenvalue weighted by Gasteiger charge is -2.08. The van der Waals surface area contributed by atoms with E-state index in [0.29, 0.717) is 17.1 Å². The van der Waals surface area contributed by atoms with Crippen LogP contribution in [0.15, 0.2) is 78.9 Å². The Hall–Kier alpha value is -4.20. The van der Waals surface area contributed by atoms with E-state index < -0.39 is 16.8 Å². The van der Waals surface area contributed by atoms with E-state index in [2.05, 4.69) is 5.32 Å². The van der Waals surface area contributed by atoms with Gasteiger partial charge < -0.3 is 14.8 Å². The lowest BCUT2D eigenvalue weighted by Crippen LogP contribution is -2.30. The number of nitrogens with zero attached hydrogens (tertiary/aromatic N) is 1. The first kappa shape index (κ1) is 20.5. The monoisotopic (exact) mass is 406 g/mol. The average molecular weight is 406 g/mol. The Labute approximate surface area is 172 Å². The highest BCUT2D eigenvalue weighted by Gasteiger charge is 2.15. The summed E-state index contributed by atoms with van der Waals surface area (Å²) in [5.74, 6) is 0.0900. The molecule has 0 heterocycles. The van der Waals surface area contributed by atoms with Crippen molar-refractivity contribution < 1.29 is 24.0 Å². The van der Waals surface area contributed by atoms with E-state index in [9.17, 15) is 19.7 Å². The Morgan fingerprint density at radius 2 is 1.50 bits per heavy atom. The van der Waals surface area contributed by atoms with Gasteiger partial charge in [-0.15, -0.1) is 0 Å². The summed E-state index contributed by atoms with van der Waals surface area (Å²) >= 11 is 0. The molecule has 30 heavy (non-hydrogen) atoms. The number of carbonyl (C=O) groups excluding carboxylic acids is 2. The number of hydrogen-bond acceptors (Lipinski definition) is 6. The Kier molecular flexibility index (Phi) is 6.73. The molecule has 0 bridgehead atoms. The van der Waals surface area contributed by atoms with E-state index in [1.165, 1.54) is 18.2 Å². The number of benzene rings is 3. The van der Waals surface area contributed by atoms with Gasteiger partial charge in [0.15, 0.2) is 0 Å². The van der Waals surface area contributed by atoms with Crippen molar-refractivity contribution in [3.63, 3.8) is 0 Å². The lowest BCUT2D eigenvalue weighted by atomic mass is 10.2. The number of para-hydroxylation sites is 2. The van der Waals surface area contributed by atoms with Crippen molar-refractivity contribution >= 4 is 17.6 Å². The third-order valence-corrected chi connectivity index (χ3v) is 4.07. The molecule has 8 nitrogen and oxygen atoms in total. The van der Waals surface area contributed by atoms with Gasteiger partial charge in [-0.05, 0) is 42.5 Å². The molecule has 152 valence electrons. The number of nitrogens with one attached hydrogen (secondary N) is 1. The molecule has 0 unspecified atom stereocenters. The minimum atomic E-state index is -0.703. The van der Waals surface area contributed by atoms with Gasteiger partial charge in [0, 0.05) is 11.6 Å². The minimum Gasteiger partial charge on any atom is -0.459 e. The van der Waals surface area contributed by atoms with E-state index in [1.54, 1.807) is 30.3 Å². The highest BCUT2D eigenvalue weighted by atomic mass is 16.6. The zero-order chi connectivity index (χ0) is 21.3. The van der Waals surface area contributed by atoms with Crippen molar-refractivity contribution in [2.45, 2.75) is 6.61 Å². The van der Waals surface area contributed by atoms with Crippen LogP contribution in [-0.2, 0) is 16.1 Å². The van der Waals surface area contributed by atoms with Gasteiger partial charge in [-0.1, -0.05) is 30.3 Å². The molecule has 0 radical (unpaired) electrons. The smallest absolute Gasteiger partial charge is 0.325 e. The van der Waals surface area contributed by atoms with Gasteiger partial charge in [0.2, 0.25) is 0 Å². The third kappa shape index (κ3) is 5.65. The summed E-state index contributed by atoms with van der Waals surface area (Å²) in [7, 11) is 0. The van der Waals surface area contributed by atoms with Crippen molar-refractivity contribution in [2.24, 2.45) is 0 Å². The zero-order valence-electron chi connectivity index (χ0n) is 15.8. The van der Waals surface area contributed by atoms with E-state index in [0.717, 1.165) is 0 Å². The van der Waals surface area contributed by atoms with Crippen LogP contribution in [0.1, 0.15) is 15.9 Å². The number of amides is 1. The highest BCUT2D eigenvalue weighted by Crippen LogP contribution is 2.21. The van der Waals surface area contributed by atoms with Crippen molar-refractivity contribution in [1.82, 2.24) is 5.32 Å². The fraction of sp³-hybridized carbons (Fsp3) is 0.0909. The fourth-order valence-corrected chi connectivity index (χ4v) is 2.57. The number of nitro benzene ring substituents is 1. The molecule has 3 rings (SSSR count). The van der Waals surface area contributed by atoms with Crippen LogP contribution in [0.2, 0.25) is 0 Å². The number of rotatable bonds is 8. The third-order valence-electron chi connectivity index (χ3n) is 4.07. The van der Waals surface area contributed by atoms with Gasteiger partial charge in [-0.25, -0.2) is 0 Å². The number of nitro groups is 1. The molecule has 0 spiro atoms. The van der Waals surface area contributed by atoms with Crippen LogP contribution in [0.25, 0.3) is 0 Å². The molecule has 0 aliphatic heterocycles. The number of carbonyl (C=O) groups is 2. The standard InChI is InChI=1S/C22H18N2O6/c25-21(29-15-17-6-4-5-9-20(17)24(27)28)14-23-22(26)16-10-12-19(13-11-16)30-18-7-2-1-3-8-18/h1-13H,14-15H2,(H,23,26). The first-order valence-electron chi connectivity index (χ1n) is 9.02. The maximum absolute atomic E-state index is 12.2. The molecule has 0 saturated heterocycles. The molecule has 3 aromatic rings. The van der Waals surface area contributed by atoms with Crippen LogP contribution in [0.4, 0.5) is 5.69 Å². The van der Waals surface area contributed by atoms with Gasteiger partial charge >= 0.3 is 5.97 Å². The molecule has 0 saturated carbocycles. The Morgan fingerprint density at radius 3 is 2.20 bits per heavy atom.